The lowest BCUT2D eigenvalue weighted by Crippen LogP contribution is -2.39. The molecule has 4 rings (SSSR count). The molecular weight excluding hydrogens is 557 g/mol. The molecule has 0 bridgehead atoms. The first kappa shape index (κ1) is 32.3. The van der Waals surface area contributed by atoms with Crippen LogP contribution < -0.4 is 9.64 Å². The van der Waals surface area contributed by atoms with Crippen LogP contribution >= 0.6 is 0 Å². The van der Waals surface area contributed by atoms with Gasteiger partial charge in [0.05, 0.1) is 17.9 Å². The quantitative estimate of drug-likeness (QED) is 0.253. The van der Waals surface area contributed by atoms with Crippen LogP contribution in [0.5, 0.6) is 5.75 Å². The zero-order valence-electron chi connectivity index (χ0n) is 25.7. The predicted molar refractivity (Wildman–Crippen MR) is 161 cm³/mol. The lowest BCUT2D eigenvalue weighted by Gasteiger charge is -2.41. The van der Waals surface area contributed by atoms with Gasteiger partial charge in [-0.1, -0.05) is 38.1 Å². The van der Waals surface area contributed by atoms with Gasteiger partial charge >= 0.3 is 5.97 Å². The second-order valence-electron chi connectivity index (χ2n) is 12.9. The highest BCUT2D eigenvalue weighted by atomic mass is 19.3. The van der Waals surface area contributed by atoms with Gasteiger partial charge in [-0.15, -0.1) is 0 Å². The number of hydrogen-bond acceptors (Lipinski definition) is 5. The van der Waals surface area contributed by atoms with Crippen molar-refractivity contribution in [3.8, 4) is 16.9 Å². The van der Waals surface area contributed by atoms with Gasteiger partial charge in [-0.3, -0.25) is 4.98 Å². The molecule has 1 fully saturated rings. The summed E-state index contributed by atoms with van der Waals surface area (Å²) in [4.78, 5) is 19.0. The third-order valence-electron chi connectivity index (χ3n) is 7.74. The molecule has 1 aliphatic heterocycles. The van der Waals surface area contributed by atoms with Crippen molar-refractivity contribution in [2.45, 2.75) is 78.9 Å². The summed E-state index contributed by atoms with van der Waals surface area (Å²) >= 11 is 0. The molecule has 1 saturated heterocycles. The van der Waals surface area contributed by atoms with Crippen LogP contribution in [-0.4, -0.2) is 41.4 Å². The highest BCUT2D eigenvalue weighted by Gasteiger charge is 2.38. The number of rotatable bonds is 10. The van der Waals surface area contributed by atoms with Crippen LogP contribution in [0.2, 0.25) is 0 Å². The Kier molecular flexibility index (Phi) is 9.74. The van der Waals surface area contributed by atoms with E-state index in [1.165, 1.54) is 12.1 Å². The highest BCUT2D eigenvalue weighted by molar-refractivity contribution is 5.88. The molecule has 9 heteroatoms. The molecule has 2 aromatic carbocycles. The van der Waals surface area contributed by atoms with Crippen molar-refractivity contribution in [3.05, 3.63) is 76.9 Å². The Hall–Kier alpha value is -3.59. The first-order valence-corrected chi connectivity index (χ1v) is 14.6. The molecule has 1 N–H and O–H groups in total. The van der Waals surface area contributed by atoms with E-state index in [1.807, 2.05) is 4.90 Å². The van der Waals surface area contributed by atoms with Crippen molar-refractivity contribution in [3.63, 3.8) is 0 Å². The Morgan fingerprint density at radius 2 is 1.65 bits per heavy atom. The predicted octanol–water partition coefficient (Wildman–Crippen LogP) is 8.32. The van der Waals surface area contributed by atoms with Crippen LogP contribution in [0.3, 0.4) is 0 Å². The molecule has 3 aromatic rings. The number of hydrogen-bond donors (Lipinski definition) is 1. The minimum absolute atomic E-state index is 0.0749. The first-order chi connectivity index (χ1) is 20.1. The fourth-order valence-electron chi connectivity index (χ4n) is 5.39. The number of piperidine rings is 1. The number of pyridine rings is 1. The molecule has 2 heterocycles. The molecule has 1 aliphatic rings. The molecule has 232 valence electrons. The maximum atomic E-state index is 14.7. The molecule has 1 atom stereocenters. The molecule has 0 spiro atoms. The molecule has 1 aromatic heterocycles. The van der Waals surface area contributed by atoms with Crippen molar-refractivity contribution >= 4 is 11.7 Å². The Bertz CT molecular complexity index is 1410. The Balaban J connectivity index is 1.79. The Morgan fingerprint density at radius 3 is 2.19 bits per heavy atom. The lowest BCUT2D eigenvalue weighted by molar-refractivity contribution is -0.160. The number of carboxylic acids is 1. The van der Waals surface area contributed by atoms with Crippen LogP contribution in [0.25, 0.3) is 11.1 Å². The van der Waals surface area contributed by atoms with E-state index in [9.17, 15) is 23.1 Å². The summed E-state index contributed by atoms with van der Waals surface area (Å²) < 4.78 is 54.5. The minimum Gasteiger partial charge on any atom is -0.493 e. The number of carboxylic acid groups (broad SMARTS) is 1. The highest BCUT2D eigenvalue weighted by Crippen LogP contribution is 2.47. The van der Waals surface area contributed by atoms with E-state index in [1.54, 1.807) is 64.1 Å². The van der Waals surface area contributed by atoms with Gasteiger partial charge < -0.3 is 19.5 Å². The molecule has 43 heavy (non-hydrogen) atoms. The molecule has 0 radical (unpaired) electrons. The second kappa shape index (κ2) is 13.0. The van der Waals surface area contributed by atoms with E-state index in [2.05, 4.69) is 18.8 Å². The van der Waals surface area contributed by atoms with E-state index in [0.29, 0.717) is 48.7 Å². The maximum Gasteiger partial charge on any atom is 0.337 e. The number of ether oxygens (including phenoxy) is 2. The number of benzene rings is 2. The summed E-state index contributed by atoms with van der Waals surface area (Å²) in [6.45, 7) is 12.7. The van der Waals surface area contributed by atoms with Crippen LogP contribution in [0.4, 0.5) is 18.9 Å². The van der Waals surface area contributed by atoms with Crippen LogP contribution in [0.15, 0.2) is 48.5 Å². The number of carbonyl (C=O) groups is 1. The van der Waals surface area contributed by atoms with Gasteiger partial charge in [0, 0.05) is 36.3 Å². The van der Waals surface area contributed by atoms with Gasteiger partial charge in [0.15, 0.2) is 6.10 Å². The fraction of sp³-hybridized carbons (Fsp3) is 0.471. The number of nitrogens with zero attached hydrogens (tertiary/aromatic N) is 2. The minimum atomic E-state index is -2.89. The van der Waals surface area contributed by atoms with E-state index in [0.717, 1.165) is 18.4 Å². The Morgan fingerprint density at radius 1 is 1.05 bits per heavy atom. The summed E-state index contributed by atoms with van der Waals surface area (Å²) in [5, 5.41) is 10.3. The van der Waals surface area contributed by atoms with E-state index < -0.39 is 29.8 Å². The van der Waals surface area contributed by atoms with Crippen molar-refractivity contribution < 1.29 is 32.5 Å². The van der Waals surface area contributed by atoms with Crippen molar-refractivity contribution in [1.29, 1.82) is 0 Å². The molecule has 0 saturated carbocycles. The maximum absolute atomic E-state index is 14.7. The largest absolute Gasteiger partial charge is 0.493 e. The van der Waals surface area contributed by atoms with Gasteiger partial charge in [0.2, 0.25) is 0 Å². The number of halogens is 3. The van der Waals surface area contributed by atoms with Crippen molar-refractivity contribution in [2.24, 2.45) is 5.41 Å². The molecular formula is C34H41F3N2O4. The van der Waals surface area contributed by atoms with E-state index >= 15 is 0 Å². The van der Waals surface area contributed by atoms with Crippen LogP contribution in [0, 0.1) is 18.2 Å². The zero-order valence-corrected chi connectivity index (χ0v) is 25.7. The third kappa shape index (κ3) is 8.07. The SMILES string of the molecule is Cc1nc(C(F)F)c(-c2ccc(OCCc3ccc(F)cc3)cc2)c(N2CCC(C)(C)CC2)c1[C@H](OC(C)(C)C)C(=O)O. The molecule has 0 amide bonds. The average Bonchev–Trinajstić information content (AvgIpc) is 2.92. The topological polar surface area (TPSA) is 71.9 Å². The smallest absolute Gasteiger partial charge is 0.337 e. The number of aromatic nitrogens is 1. The summed E-state index contributed by atoms with van der Waals surface area (Å²) in [6, 6.07) is 13.0. The van der Waals surface area contributed by atoms with Crippen molar-refractivity contribution in [2.75, 3.05) is 24.6 Å². The van der Waals surface area contributed by atoms with Gasteiger partial charge in [-0.25, -0.2) is 18.0 Å². The third-order valence-corrected chi connectivity index (χ3v) is 7.74. The van der Waals surface area contributed by atoms with E-state index in [-0.39, 0.29) is 22.5 Å². The number of alkyl halides is 2. The van der Waals surface area contributed by atoms with E-state index in [4.69, 9.17) is 9.47 Å². The van der Waals surface area contributed by atoms with Crippen LogP contribution in [-0.2, 0) is 16.0 Å². The Labute approximate surface area is 251 Å². The van der Waals surface area contributed by atoms with Crippen molar-refractivity contribution in [1.82, 2.24) is 4.98 Å². The van der Waals surface area contributed by atoms with Gasteiger partial charge in [-0.2, -0.15) is 0 Å². The van der Waals surface area contributed by atoms with Gasteiger partial charge in [0.1, 0.15) is 17.3 Å². The molecule has 0 aliphatic carbocycles. The summed E-state index contributed by atoms with van der Waals surface area (Å²) in [5.74, 6) is -0.964. The van der Waals surface area contributed by atoms with Gasteiger partial charge in [0.25, 0.3) is 6.43 Å². The van der Waals surface area contributed by atoms with Gasteiger partial charge in [-0.05, 0) is 81.3 Å². The molecule has 6 nitrogen and oxygen atoms in total. The zero-order chi connectivity index (χ0) is 31.5. The first-order valence-electron chi connectivity index (χ1n) is 14.6. The second-order valence-corrected chi connectivity index (χ2v) is 12.9. The average molecular weight is 599 g/mol. The monoisotopic (exact) mass is 598 g/mol. The summed E-state index contributed by atoms with van der Waals surface area (Å²) in [6.07, 6.45) is -2.09. The standard InChI is InChI=1S/C34H41F3N2O4/c1-21-26(30(32(40)41)43-33(2,3)4)29(39-18-16-34(5,6)17-19-39)27(28(38-21)31(36)37)23-9-13-25(14-10-23)42-20-15-22-7-11-24(35)12-8-22/h7-14,30-31H,15-20H2,1-6H3,(H,40,41)/t30-/m0/s1. The summed E-state index contributed by atoms with van der Waals surface area (Å²) in [7, 11) is 0. The van der Waals surface area contributed by atoms with Crippen LogP contribution in [0.1, 0.15) is 82.5 Å². The lowest BCUT2D eigenvalue weighted by atomic mass is 9.81. The number of anilines is 1. The fourth-order valence-corrected chi connectivity index (χ4v) is 5.39. The number of aryl methyl sites for hydroxylation is 1. The number of aliphatic carboxylic acids is 1. The summed E-state index contributed by atoms with van der Waals surface area (Å²) in [5.41, 5.74) is 1.41. The normalized spacial score (nSPS) is 15.9. The molecule has 0 unspecified atom stereocenters.